The van der Waals surface area contributed by atoms with E-state index in [1.54, 1.807) is 6.07 Å². The number of piperidine rings is 3. The molecule has 0 aliphatic carbocycles. The molecule has 3 saturated heterocycles. The molecule has 0 saturated carbocycles. The number of pyridine rings is 1. The van der Waals surface area contributed by atoms with Crippen molar-refractivity contribution in [1.82, 2.24) is 9.88 Å². The summed E-state index contributed by atoms with van der Waals surface area (Å²) in [7, 11) is -2.37. The summed E-state index contributed by atoms with van der Waals surface area (Å²) in [5.41, 5.74) is 0.117. The second-order valence-electron chi connectivity index (χ2n) is 14.9. The maximum absolute atomic E-state index is 13.5. The van der Waals surface area contributed by atoms with E-state index in [-0.39, 0.29) is 23.3 Å². The normalized spacial score (nSPS) is 22.1. The Balaban J connectivity index is 1.52. The molecule has 0 amide bonds. The molecule has 13 heteroatoms. The average Bonchev–Trinajstić information content (AvgIpc) is 3.03. The van der Waals surface area contributed by atoms with Gasteiger partial charge in [0.1, 0.15) is 0 Å². The van der Waals surface area contributed by atoms with E-state index in [0.29, 0.717) is 46.3 Å². The van der Waals surface area contributed by atoms with Crippen molar-refractivity contribution >= 4 is 47.9 Å². The summed E-state index contributed by atoms with van der Waals surface area (Å²) in [5, 5.41) is 6.21. The van der Waals surface area contributed by atoms with Crippen LogP contribution in [0.1, 0.15) is 90.5 Å². The lowest BCUT2D eigenvalue weighted by atomic mass is 9.72. The van der Waals surface area contributed by atoms with Gasteiger partial charge < -0.3 is 15.1 Å². The molecule has 50 heavy (non-hydrogen) atoms. The van der Waals surface area contributed by atoms with Gasteiger partial charge in [-0.25, -0.2) is 0 Å². The van der Waals surface area contributed by atoms with Gasteiger partial charge in [-0.15, -0.1) is 0 Å². The molecule has 3 aliphatic heterocycles. The Morgan fingerprint density at radius 3 is 2.02 bits per heavy atom. The zero-order chi connectivity index (χ0) is 36.8. The van der Waals surface area contributed by atoms with Crippen LogP contribution in [0.4, 0.5) is 37.7 Å². The minimum atomic E-state index is -4.97. The van der Waals surface area contributed by atoms with E-state index in [9.17, 15) is 26.3 Å². The number of alkyl halides is 6. The van der Waals surface area contributed by atoms with E-state index in [0.717, 1.165) is 42.4 Å². The molecule has 2 N–H and O–H groups in total. The second kappa shape index (κ2) is 14.7. The van der Waals surface area contributed by atoms with Gasteiger partial charge in [0.25, 0.3) is 0 Å². The Morgan fingerprint density at radius 1 is 0.900 bits per heavy atom. The highest BCUT2D eigenvalue weighted by Gasteiger charge is 2.51. The fourth-order valence-corrected chi connectivity index (χ4v) is 14.5. The number of nitrogens with zero attached hydrogens (tertiary/aromatic N) is 2. The second-order valence-corrected chi connectivity index (χ2v) is 20.7. The first kappa shape index (κ1) is 38.5. The first-order valence-electron chi connectivity index (χ1n) is 17.5. The molecule has 5 nitrogen and oxygen atoms in total. The van der Waals surface area contributed by atoms with Crippen LogP contribution in [0.15, 0.2) is 48.7 Å². The molecule has 2 bridgehead atoms. The highest BCUT2D eigenvalue weighted by molar-refractivity contribution is 7.80. The summed E-state index contributed by atoms with van der Waals surface area (Å²) >= 11 is 5.39. The van der Waals surface area contributed by atoms with Crippen LogP contribution >= 0.6 is 12.2 Å². The zero-order valence-corrected chi connectivity index (χ0v) is 31.5. The van der Waals surface area contributed by atoms with Crippen LogP contribution in [-0.2, 0) is 16.8 Å². The lowest BCUT2D eigenvalue weighted by Crippen LogP contribution is -2.58. The monoisotopic (exact) mass is 738 g/mol. The standard InChI is InChI=1S/C37H48F6N4OSSi/c1-8-24-20-47-14-12-25(24)15-33(47)34(48-50(21(2)3,22(4)5)23(6)7)30-11-13-44-32-10-9-28(19-31(30)32)45-35(49)46-29-17-26(36(38,39)40)16-27(18-29)37(41,42)43/h9-11,13,16-19,21-25,33-34H,8,12,14-15,20H2,1-7H3,(H2,45,46,49)/t24?,25?,33-,34+/m1/s1. The molecule has 2 aromatic carbocycles. The Hall–Kier alpha value is -2.74. The van der Waals surface area contributed by atoms with Gasteiger partial charge >= 0.3 is 12.4 Å². The minimum Gasteiger partial charge on any atom is -0.408 e. The van der Waals surface area contributed by atoms with Crippen LogP contribution in [0.25, 0.3) is 10.9 Å². The van der Waals surface area contributed by atoms with Crippen LogP contribution < -0.4 is 10.6 Å². The predicted octanol–water partition coefficient (Wildman–Crippen LogP) is 11.4. The molecule has 5 atom stereocenters. The first-order chi connectivity index (χ1) is 23.3. The molecule has 3 unspecified atom stereocenters. The van der Waals surface area contributed by atoms with Crippen molar-refractivity contribution in [3.05, 3.63) is 65.4 Å². The molecular formula is C37H48F6N4OSSi. The third-order valence-electron chi connectivity index (χ3n) is 11.0. The van der Waals surface area contributed by atoms with Gasteiger partial charge in [-0.2, -0.15) is 26.3 Å². The van der Waals surface area contributed by atoms with Crippen LogP contribution in [0.5, 0.6) is 0 Å². The van der Waals surface area contributed by atoms with E-state index in [4.69, 9.17) is 16.6 Å². The van der Waals surface area contributed by atoms with Gasteiger partial charge in [0.05, 0.1) is 22.7 Å². The number of halogens is 6. The first-order valence-corrected chi connectivity index (χ1v) is 20.1. The predicted molar refractivity (Wildman–Crippen MR) is 195 cm³/mol. The number of nitrogens with one attached hydrogen (secondary N) is 2. The number of fused-ring (bicyclic) bond motifs is 4. The molecule has 3 aliphatic rings. The van der Waals surface area contributed by atoms with Crippen molar-refractivity contribution in [2.24, 2.45) is 11.8 Å². The molecular weight excluding hydrogens is 691 g/mol. The lowest BCUT2D eigenvalue weighted by Gasteiger charge is -2.54. The lowest BCUT2D eigenvalue weighted by molar-refractivity contribution is -0.143. The van der Waals surface area contributed by atoms with Gasteiger partial charge in [0, 0.05) is 35.5 Å². The molecule has 0 radical (unpaired) electrons. The summed E-state index contributed by atoms with van der Waals surface area (Å²) < 4.78 is 88.5. The van der Waals surface area contributed by atoms with E-state index < -0.39 is 37.5 Å². The van der Waals surface area contributed by atoms with Gasteiger partial charge in [0.15, 0.2) is 5.11 Å². The topological polar surface area (TPSA) is 49.4 Å². The number of hydrogen-bond acceptors (Lipinski definition) is 4. The Morgan fingerprint density at radius 2 is 1.50 bits per heavy atom. The highest BCUT2D eigenvalue weighted by Crippen LogP contribution is 2.50. The number of anilines is 2. The van der Waals surface area contributed by atoms with Crippen molar-refractivity contribution in [3.8, 4) is 0 Å². The molecule has 274 valence electrons. The van der Waals surface area contributed by atoms with E-state index >= 15 is 0 Å². The van der Waals surface area contributed by atoms with Gasteiger partial charge in [-0.1, -0.05) is 54.9 Å². The summed E-state index contributed by atoms with van der Waals surface area (Å²) in [6.07, 6.45) is -4.95. The van der Waals surface area contributed by atoms with Gasteiger partial charge in [-0.05, 0) is 108 Å². The van der Waals surface area contributed by atoms with Gasteiger partial charge in [0.2, 0.25) is 8.32 Å². The molecule has 1 aromatic heterocycles. The van der Waals surface area contributed by atoms with Crippen molar-refractivity contribution < 1.29 is 30.8 Å². The van der Waals surface area contributed by atoms with Crippen LogP contribution in [-0.4, -0.2) is 42.4 Å². The van der Waals surface area contributed by atoms with Crippen molar-refractivity contribution in [3.63, 3.8) is 0 Å². The number of hydrogen-bond donors (Lipinski definition) is 2. The molecule has 6 rings (SSSR count). The summed E-state index contributed by atoms with van der Waals surface area (Å²) in [6.45, 7) is 18.1. The van der Waals surface area contributed by atoms with Crippen LogP contribution in [0, 0.1) is 11.8 Å². The molecule has 4 heterocycles. The summed E-state index contributed by atoms with van der Waals surface area (Å²) in [5.74, 6) is 1.31. The van der Waals surface area contributed by atoms with Crippen LogP contribution in [0.3, 0.4) is 0 Å². The van der Waals surface area contributed by atoms with E-state index in [1.165, 1.54) is 6.42 Å². The van der Waals surface area contributed by atoms with Crippen molar-refractivity contribution in [1.29, 1.82) is 0 Å². The SMILES string of the molecule is CCC1CN2CCC1C[C@@H]2[C@@H](O[Si](C(C)C)(C(C)C)C(C)C)c1ccnc2ccc(NC(=S)Nc3cc(C(F)(F)F)cc(C(F)(F)F)c3)cc12. The van der Waals surface area contributed by atoms with Crippen molar-refractivity contribution in [2.75, 3.05) is 23.7 Å². The number of benzene rings is 2. The summed E-state index contributed by atoms with van der Waals surface area (Å²) in [4.78, 5) is 7.27. The Labute approximate surface area is 297 Å². The van der Waals surface area contributed by atoms with E-state index in [1.807, 2.05) is 24.4 Å². The number of aromatic nitrogens is 1. The fraction of sp³-hybridized carbons (Fsp3) is 0.568. The molecule has 0 spiro atoms. The number of rotatable bonds is 10. The quantitative estimate of drug-likeness (QED) is 0.123. The maximum Gasteiger partial charge on any atom is 0.416 e. The third-order valence-corrected chi connectivity index (χ3v) is 17.3. The zero-order valence-electron chi connectivity index (χ0n) is 29.7. The van der Waals surface area contributed by atoms with Gasteiger partial charge in [-0.3, -0.25) is 9.88 Å². The number of thiocarbonyl (C=S) groups is 1. The third kappa shape index (κ3) is 7.85. The Kier molecular flexibility index (Phi) is 11.3. The largest absolute Gasteiger partial charge is 0.416 e. The summed E-state index contributed by atoms with van der Waals surface area (Å²) in [6, 6.07) is 9.00. The molecule has 3 fully saturated rings. The minimum absolute atomic E-state index is 0.0878. The maximum atomic E-state index is 13.5. The Bertz CT molecular complexity index is 1630. The smallest absolute Gasteiger partial charge is 0.408 e. The molecule has 3 aromatic rings. The fourth-order valence-electron chi connectivity index (χ4n) is 8.75. The van der Waals surface area contributed by atoms with E-state index in [2.05, 4.69) is 69.0 Å². The van der Waals surface area contributed by atoms with Crippen molar-refractivity contribution in [2.45, 2.75) is 109 Å². The highest BCUT2D eigenvalue weighted by atomic mass is 32.1. The average molecular weight is 739 g/mol. The van der Waals surface area contributed by atoms with Crippen LogP contribution in [0.2, 0.25) is 16.6 Å².